The van der Waals surface area contributed by atoms with Crippen molar-refractivity contribution >= 4 is 72.9 Å². The molecular formula is C20H39ClI2N4O2Si2. The number of aryl methyl sites for hydroxylation is 2. The monoisotopic (exact) mass is 712 g/mol. The Hall–Kier alpha value is 0.524. The zero-order chi connectivity index (χ0) is 24.1. The highest BCUT2D eigenvalue weighted by molar-refractivity contribution is 14.1. The van der Waals surface area contributed by atoms with Crippen LogP contribution in [0.2, 0.25) is 51.4 Å². The first kappa shape index (κ1) is 31.5. The molecule has 0 saturated carbocycles. The molecule has 0 radical (unpaired) electrons. The maximum absolute atomic E-state index is 5.62. The van der Waals surface area contributed by atoms with Crippen LogP contribution in [0.1, 0.15) is 11.1 Å². The summed E-state index contributed by atoms with van der Waals surface area (Å²) in [6.45, 7) is 20.4. The van der Waals surface area contributed by atoms with Crippen LogP contribution in [0.5, 0.6) is 0 Å². The second kappa shape index (κ2) is 16.2. The molecule has 0 saturated heterocycles. The van der Waals surface area contributed by atoms with Crippen molar-refractivity contribution < 1.29 is 9.47 Å². The summed E-state index contributed by atoms with van der Waals surface area (Å²) >= 11 is 9.82. The number of hydrogen-bond donors (Lipinski definition) is 1. The first-order valence-corrected chi connectivity index (χ1v) is 20.4. The summed E-state index contributed by atoms with van der Waals surface area (Å²) in [5.41, 5.74) is 2.42. The summed E-state index contributed by atoms with van der Waals surface area (Å²) in [4.78, 5) is 0. The Kier molecular flexibility index (Phi) is 16.5. The van der Waals surface area contributed by atoms with Gasteiger partial charge < -0.3 is 9.47 Å². The van der Waals surface area contributed by atoms with E-state index in [1.54, 1.807) is 0 Å². The lowest BCUT2D eigenvalue weighted by molar-refractivity contribution is 0.0767. The molecule has 0 aliphatic rings. The molecule has 2 rings (SSSR count). The lowest BCUT2D eigenvalue weighted by Gasteiger charge is -2.15. The maximum atomic E-state index is 5.62. The molecular weight excluding hydrogens is 674 g/mol. The smallest absolute Gasteiger partial charge is 0.140 e. The summed E-state index contributed by atoms with van der Waals surface area (Å²) in [5, 5.41) is 10.8. The van der Waals surface area contributed by atoms with Gasteiger partial charge in [-0.15, -0.1) is 0 Å². The summed E-state index contributed by atoms with van der Waals surface area (Å²) in [7, 11) is -1.84. The van der Waals surface area contributed by atoms with Crippen molar-refractivity contribution in [3.05, 3.63) is 30.9 Å². The molecule has 180 valence electrons. The standard InChI is InChI=1S/C10H19IN2OSi.C6H15ClOSi.C4H5IN2/c1-9-7-12-13(10(9)11)8-14-5-6-15(2,3)4;1-9(2,3)5-4-8-6-7;1-3-2-6-7-4(3)5/h7H,5-6,8H2,1-4H3;4-6H2,1-3H3;2H,1H3,(H,6,7). The number of ether oxygens (including phenoxy) is 2. The van der Waals surface area contributed by atoms with Gasteiger partial charge in [0.1, 0.15) is 16.5 Å². The van der Waals surface area contributed by atoms with Gasteiger partial charge in [-0.05, 0) is 71.1 Å². The minimum absolute atomic E-state index is 0.338. The van der Waals surface area contributed by atoms with Gasteiger partial charge in [0, 0.05) is 40.5 Å². The Labute approximate surface area is 222 Å². The topological polar surface area (TPSA) is 65.0 Å². The minimum Gasteiger partial charge on any atom is -0.366 e. The molecule has 0 spiro atoms. The number of alkyl halides is 1. The van der Waals surface area contributed by atoms with Crippen molar-refractivity contribution in [3.8, 4) is 0 Å². The minimum atomic E-state index is -0.960. The third-order valence-corrected chi connectivity index (χ3v) is 10.1. The van der Waals surface area contributed by atoms with Crippen LogP contribution in [0.3, 0.4) is 0 Å². The van der Waals surface area contributed by atoms with Gasteiger partial charge in [0.05, 0.1) is 16.1 Å². The predicted molar refractivity (Wildman–Crippen MR) is 155 cm³/mol. The van der Waals surface area contributed by atoms with Crippen molar-refractivity contribution in [2.24, 2.45) is 0 Å². The molecule has 6 nitrogen and oxygen atoms in total. The van der Waals surface area contributed by atoms with E-state index in [2.05, 4.69) is 107 Å². The highest BCUT2D eigenvalue weighted by Crippen LogP contribution is 2.11. The van der Waals surface area contributed by atoms with E-state index in [1.165, 1.54) is 26.9 Å². The average molecular weight is 713 g/mol. The molecule has 11 heteroatoms. The van der Waals surface area contributed by atoms with Crippen LogP contribution in [0.15, 0.2) is 12.4 Å². The number of aromatic nitrogens is 4. The van der Waals surface area contributed by atoms with Gasteiger partial charge >= 0.3 is 0 Å². The van der Waals surface area contributed by atoms with Gasteiger partial charge in [-0.2, -0.15) is 10.2 Å². The van der Waals surface area contributed by atoms with Crippen molar-refractivity contribution in [1.29, 1.82) is 0 Å². The molecule has 0 bridgehead atoms. The van der Waals surface area contributed by atoms with E-state index in [9.17, 15) is 0 Å². The fourth-order valence-electron chi connectivity index (χ4n) is 1.85. The summed E-state index contributed by atoms with van der Waals surface area (Å²) < 4.78 is 14.8. The SMILES string of the molecule is C[Si](C)(C)CCOCCl.Cc1cn[nH]c1I.Cc1cnn(COCC[Si](C)(C)C)c1I. The van der Waals surface area contributed by atoms with E-state index in [-0.39, 0.29) is 0 Å². The Bertz CT molecular complexity index is 715. The van der Waals surface area contributed by atoms with Crippen molar-refractivity contribution in [2.75, 3.05) is 19.3 Å². The van der Waals surface area contributed by atoms with E-state index in [1.807, 2.05) is 24.0 Å². The molecule has 0 fully saturated rings. The summed E-state index contributed by atoms with van der Waals surface area (Å²) in [6, 6.07) is 2.76. The molecule has 2 heterocycles. The molecule has 0 atom stereocenters. The Morgan fingerprint density at radius 1 is 0.935 bits per heavy atom. The van der Waals surface area contributed by atoms with Crippen LogP contribution in [0, 0.1) is 21.2 Å². The van der Waals surface area contributed by atoms with Crippen LogP contribution in [0.25, 0.3) is 0 Å². The largest absolute Gasteiger partial charge is 0.366 e. The Morgan fingerprint density at radius 2 is 1.48 bits per heavy atom. The third-order valence-electron chi connectivity index (χ3n) is 3.99. The summed E-state index contributed by atoms with van der Waals surface area (Å²) in [6.07, 6.45) is 3.69. The first-order valence-electron chi connectivity index (χ1n) is 10.3. The van der Waals surface area contributed by atoms with E-state index in [0.717, 1.165) is 16.9 Å². The fourth-order valence-corrected chi connectivity index (χ4v) is 4.15. The van der Waals surface area contributed by atoms with E-state index in [4.69, 9.17) is 21.1 Å². The van der Waals surface area contributed by atoms with Crippen molar-refractivity contribution in [2.45, 2.75) is 71.9 Å². The molecule has 0 aliphatic carbocycles. The molecule has 2 aromatic rings. The molecule has 0 aromatic carbocycles. The van der Waals surface area contributed by atoms with Gasteiger partial charge in [0.15, 0.2) is 0 Å². The zero-order valence-corrected chi connectivity index (χ0v) is 27.3. The second-order valence-corrected chi connectivity index (χ2v) is 23.2. The van der Waals surface area contributed by atoms with E-state index in [0.29, 0.717) is 12.8 Å². The number of nitrogens with zero attached hydrogens (tertiary/aromatic N) is 3. The van der Waals surface area contributed by atoms with Gasteiger partial charge in [-0.3, -0.25) is 5.10 Å². The molecule has 31 heavy (non-hydrogen) atoms. The number of H-pyrrole nitrogens is 1. The summed E-state index contributed by atoms with van der Waals surface area (Å²) in [5.74, 6) is 0. The zero-order valence-electron chi connectivity index (χ0n) is 20.2. The van der Waals surface area contributed by atoms with Gasteiger partial charge in [-0.1, -0.05) is 50.9 Å². The first-order chi connectivity index (χ1) is 14.3. The van der Waals surface area contributed by atoms with Gasteiger partial charge in [-0.25, -0.2) is 4.68 Å². The molecule has 1 N–H and O–H groups in total. The molecule has 0 unspecified atom stereocenters. The van der Waals surface area contributed by atoms with E-state index < -0.39 is 16.1 Å². The lowest BCUT2D eigenvalue weighted by Crippen LogP contribution is -2.22. The Balaban J connectivity index is 0.000000478. The number of aromatic amines is 1. The maximum Gasteiger partial charge on any atom is 0.140 e. The normalized spacial score (nSPS) is 11.5. The lowest BCUT2D eigenvalue weighted by atomic mass is 10.4. The quantitative estimate of drug-likeness (QED) is 0.132. The average Bonchev–Trinajstić information content (AvgIpc) is 3.17. The highest BCUT2D eigenvalue weighted by Gasteiger charge is 2.12. The number of halogens is 3. The Morgan fingerprint density at radius 3 is 1.81 bits per heavy atom. The number of hydrogen-bond acceptors (Lipinski definition) is 4. The van der Waals surface area contributed by atoms with Gasteiger partial charge in [0.2, 0.25) is 0 Å². The fraction of sp³-hybridized carbons (Fsp3) is 0.700. The van der Waals surface area contributed by atoms with Crippen molar-refractivity contribution in [1.82, 2.24) is 20.0 Å². The molecule has 0 amide bonds. The predicted octanol–water partition coefficient (Wildman–Crippen LogP) is 6.97. The molecule has 2 aromatic heterocycles. The third kappa shape index (κ3) is 17.6. The van der Waals surface area contributed by atoms with Gasteiger partial charge in [0.25, 0.3) is 0 Å². The highest BCUT2D eigenvalue weighted by atomic mass is 127. The number of nitrogens with one attached hydrogen (secondary N) is 1. The van der Waals surface area contributed by atoms with Crippen LogP contribution in [-0.2, 0) is 16.2 Å². The molecule has 0 aliphatic heterocycles. The van der Waals surface area contributed by atoms with Crippen LogP contribution < -0.4 is 0 Å². The van der Waals surface area contributed by atoms with Crippen LogP contribution >= 0.6 is 56.8 Å². The van der Waals surface area contributed by atoms with Crippen LogP contribution in [-0.4, -0.2) is 55.4 Å². The van der Waals surface area contributed by atoms with Crippen molar-refractivity contribution in [3.63, 3.8) is 0 Å². The second-order valence-electron chi connectivity index (χ2n) is 9.66. The number of rotatable bonds is 9. The van der Waals surface area contributed by atoms with E-state index >= 15 is 0 Å². The van der Waals surface area contributed by atoms with Crippen LogP contribution in [0.4, 0.5) is 0 Å².